The van der Waals surface area contributed by atoms with E-state index < -0.39 is 0 Å². The number of hydrogen-bond donors (Lipinski definition) is 1. The molecule has 1 N–H and O–H groups in total. The van der Waals surface area contributed by atoms with E-state index in [0.29, 0.717) is 11.4 Å². The quantitative estimate of drug-likeness (QED) is 0.720. The Bertz CT molecular complexity index is 257. The van der Waals surface area contributed by atoms with Crippen LogP contribution in [0.4, 0.5) is 0 Å². The van der Waals surface area contributed by atoms with Gasteiger partial charge in [0, 0.05) is 18.0 Å². The summed E-state index contributed by atoms with van der Waals surface area (Å²) in [5.41, 5.74) is 0. The molecule has 11 heavy (non-hydrogen) atoms. The summed E-state index contributed by atoms with van der Waals surface area (Å²) >= 11 is 1.17. The van der Waals surface area contributed by atoms with Gasteiger partial charge >= 0.3 is 0 Å². The number of nitrogens with one attached hydrogen (secondary N) is 1. The van der Waals surface area contributed by atoms with Crippen molar-refractivity contribution < 1.29 is 9.90 Å². The highest BCUT2D eigenvalue weighted by atomic mass is 32.1. The van der Waals surface area contributed by atoms with Crippen molar-refractivity contribution in [2.24, 2.45) is 0 Å². The summed E-state index contributed by atoms with van der Waals surface area (Å²) in [4.78, 5) is 11.5. The molecule has 0 aliphatic rings. The molecule has 4 heteroatoms. The van der Waals surface area contributed by atoms with Crippen molar-refractivity contribution in [3.8, 4) is 5.75 Å². The summed E-state index contributed by atoms with van der Waals surface area (Å²) in [5, 5.41) is 14.7. The van der Waals surface area contributed by atoms with Gasteiger partial charge in [0.2, 0.25) is 0 Å². The first-order valence-electron chi connectivity index (χ1n) is 3.27. The van der Waals surface area contributed by atoms with Crippen LogP contribution >= 0.6 is 11.3 Å². The average Bonchev–Trinajstić information content (AvgIpc) is 2.36. The standard InChI is InChI=1S/C7H8NO2S/c1-2-8-7(10)6-3-5(9)4-11-6/h3-4H,2H2,1H3,(H,8,10). The summed E-state index contributed by atoms with van der Waals surface area (Å²) in [6.45, 7) is 2.43. The Morgan fingerprint density at radius 1 is 1.73 bits per heavy atom. The van der Waals surface area contributed by atoms with Crippen molar-refractivity contribution in [3.63, 3.8) is 0 Å². The zero-order valence-electron chi connectivity index (χ0n) is 6.09. The average molecular weight is 170 g/mol. The predicted octanol–water partition coefficient (Wildman–Crippen LogP) is 1.64. The molecule has 59 valence electrons. The van der Waals surface area contributed by atoms with Crippen LogP contribution in [-0.4, -0.2) is 12.5 Å². The van der Waals surface area contributed by atoms with Crippen molar-refractivity contribution in [3.05, 3.63) is 16.3 Å². The summed E-state index contributed by atoms with van der Waals surface area (Å²) in [6, 6.07) is 1.34. The topological polar surface area (TPSA) is 49.0 Å². The minimum Gasteiger partial charge on any atom is -0.352 e. The fourth-order valence-corrected chi connectivity index (χ4v) is 1.36. The van der Waals surface area contributed by atoms with Gasteiger partial charge in [0.05, 0.1) is 4.88 Å². The maximum Gasteiger partial charge on any atom is 0.261 e. The molecule has 1 aromatic heterocycles. The van der Waals surface area contributed by atoms with Crippen LogP contribution in [0.1, 0.15) is 16.6 Å². The van der Waals surface area contributed by atoms with Gasteiger partial charge in [0.25, 0.3) is 5.91 Å². The molecule has 1 aromatic rings. The smallest absolute Gasteiger partial charge is 0.261 e. The van der Waals surface area contributed by atoms with E-state index >= 15 is 0 Å². The van der Waals surface area contributed by atoms with Crippen LogP contribution < -0.4 is 5.32 Å². The molecular formula is C7H8NO2S. The molecular weight excluding hydrogens is 162 g/mol. The van der Waals surface area contributed by atoms with Crippen LogP contribution in [0.5, 0.6) is 5.75 Å². The molecule has 1 rings (SSSR count). The first-order valence-corrected chi connectivity index (χ1v) is 4.15. The SMILES string of the molecule is CCNC(=O)c1cc([O])cs1. The number of hydrogen-bond acceptors (Lipinski definition) is 2. The van der Waals surface area contributed by atoms with Crippen LogP contribution in [0, 0.1) is 0 Å². The first kappa shape index (κ1) is 8.07. The highest BCUT2D eigenvalue weighted by molar-refractivity contribution is 7.12. The van der Waals surface area contributed by atoms with E-state index in [1.54, 1.807) is 0 Å². The van der Waals surface area contributed by atoms with Gasteiger partial charge in [-0.2, -0.15) is 0 Å². The van der Waals surface area contributed by atoms with Gasteiger partial charge in [-0.05, 0) is 6.92 Å². The Kier molecular flexibility index (Phi) is 2.48. The molecule has 1 heterocycles. The van der Waals surface area contributed by atoms with Crippen molar-refractivity contribution in [2.45, 2.75) is 6.92 Å². The fraction of sp³-hybridized carbons (Fsp3) is 0.286. The van der Waals surface area contributed by atoms with Crippen molar-refractivity contribution in [1.29, 1.82) is 0 Å². The summed E-state index contributed by atoms with van der Waals surface area (Å²) in [5.74, 6) is -0.268. The van der Waals surface area contributed by atoms with Crippen molar-refractivity contribution in [2.75, 3.05) is 6.54 Å². The summed E-state index contributed by atoms with van der Waals surface area (Å²) < 4.78 is 0. The number of amides is 1. The van der Waals surface area contributed by atoms with E-state index in [2.05, 4.69) is 5.32 Å². The van der Waals surface area contributed by atoms with Crippen LogP contribution in [0.25, 0.3) is 0 Å². The van der Waals surface area contributed by atoms with Gasteiger partial charge in [-0.1, -0.05) is 0 Å². The molecule has 0 fully saturated rings. The first-order chi connectivity index (χ1) is 5.24. The van der Waals surface area contributed by atoms with Gasteiger partial charge in [-0.25, -0.2) is 0 Å². The molecule has 0 saturated heterocycles. The molecule has 3 nitrogen and oxygen atoms in total. The Morgan fingerprint density at radius 3 is 2.91 bits per heavy atom. The molecule has 1 radical (unpaired) electrons. The summed E-state index contributed by atoms with van der Waals surface area (Å²) in [6.07, 6.45) is 0. The van der Waals surface area contributed by atoms with E-state index in [9.17, 15) is 9.90 Å². The van der Waals surface area contributed by atoms with E-state index in [0.717, 1.165) is 0 Å². The van der Waals surface area contributed by atoms with Gasteiger partial charge in [0.1, 0.15) is 0 Å². The van der Waals surface area contributed by atoms with Crippen LogP contribution in [0.2, 0.25) is 0 Å². The number of rotatable bonds is 2. The molecule has 0 saturated carbocycles. The second-order valence-corrected chi connectivity index (χ2v) is 2.92. The van der Waals surface area contributed by atoms with Crippen molar-refractivity contribution in [1.82, 2.24) is 5.32 Å². The van der Waals surface area contributed by atoms with Crippen LogP contribution in [0.3, 0.4) is 0 Å². The number of carbonyl (C=O) groups excluding carboxylic acids is 1. The molecule has 0 aromatic carbocycles. The van der Waals surface area contributed by atoms with E-state index in [1.165, 1.54) is 22.8 Å². The normalized spacial score (nSPS) is 9.55. The predicted molar refractivity (Wildman–Crippen MR) is 42.5 cm³/mol. The zero-order valence-corrected chi connectivity index (χ0v) is 6.90. The lowest BCUT2D eigenvalue weighted by molar-refractivity contribution is 0.0959. The van der Waals surface area contributed by atoms with E-state index in [4.69, 9.17) is 0 Å². The van der Waals surface area contributed by atoms with Gasteiger partial charge in [-0.3, -0.25) is 9.90 Å². The van der Waals surface area contributed by atoms with Crippen molar-refractivity contribution >= 4 is 17.2 Å². The molecule has 0 atom stereocenters. The Hall–Kier alpha value is -1.03. The fourth-order valence-electron chi connectivity index (χ4n) is 0.686. The zero-order chi connectivity index (χ0) is 8.27. The molecule has 0 aliphatic heterocycles. The second-order valence-electron chi connectivity index (χ2n) is 2.01. The minimum absolute atomic E-state index is 0.101. The third kappa shape index (κ3) is 1.94. The third-order valence-electron chi connectivity index (χ3n) is 1.14. The lowest BCUT2D eigenvalue weighted by Gasteiger charge is -1.95. The highest BCUT2D eigenvalue weighted by Crippen LogP contribution is 2.19. The lowest BCUT2D eigenvalue weighted by Crippen LogP contribution is -2.21. The van der Waals surface area contributed by atoms with Crippen LogP contribution in [0.15, 0.2) is 11.4 Å². The molecule has 0 spiro atoms. The largest absolute Gasteiger partial charge is 0.352 e. The molecule has 0 bridgehead atoms. The lowest BCUT2D eigenvalue weighted by atomic mass is 10.4. The Morgan fingerprint density at radius 2 is 2.45 bits per heavy atom. The summed E-state index contributed by atoms with van der Waals surface area (Å²) in [7, 11) is 0. The van der Waals surface area contributed by atoms with Gasteiger partial charge in [0.15, 0.2) is 5.75 Å². The maximum atomic E-state index is 11.0. The Balaban J connectivity index is 2.69. The second kappa shape index (κ2) is 3.39. The highest BCUT2D eigenvalue weighted by Gasteiger charge is 2.07. The monoisotopic (exact) mass is 170 g/mol. The van der Waals surface area contributed by atoms with Crippen LogP contribution in [-0.2, 0) is 5.11 Å². The van der Waals surface area contributed by atoms with Gasteiger partial charge in [-0.15, -0.1) is 11.3 Å². The molecule has 0 aliphatic carbocycles. The van der Waals surface area contributed by atoms with Gasteiger partial charge < -0.3 is 5.32 Å². The number of thiophene rings is 1. The third-order valence-corrected chi connectivity index (χ3v) is 2.04. The maximum absolute atomic E-state index is 11.0. The van der Waals surface area contributed by atoms with E-state index in [-0.39, 0.29) is 11.7 Å². The molecule has 1 amide bonds. The molecule has 0 unspecified atom stereocenters. The Labute approximate surface area is 68.7 Å². The van der Waals surface area contributed by atoms with E-state index in [1.807, 2.05) is 6.92 Å². The number of carbonyl (C=O) groups is 1. The minimum atomic E-state index is -0.167.